The van der Waals surface area contributed by atoms with Gasteiger partial charge in [-0.3, -0.25) is 4.57 Å². The summed E-state index contributed by atoms with van der Waals surface area (Å²) < 4.78 is 70.0. The first-order valence-electron chi connectivity index (χ1n) is 10.6. The summed E-state index contributed by atoms with van der Waals surface area (Å²) in [6, 6.07) is 13.2. The zero-order valence-corrected chi connectivity index (χ0v) is 20.9. The minimum Gasteiger partial charge on any atom is -0.274 e. The van der Waals surface area contributed by atoms with Crippen molar-refractivity contribution in [3.63, 3.8) is 0 Å². The summed E-state index contributed by atoms with van der Waals surface area (Å²) in [5, 5.41) is 0.349. The topological polar surface area (TPSA) is 89.8 Å². The van der Waals surface area contributed by atoms with Gasteiger partial charge in [-0.05, 0) is 51.1 Å². The van der Waals surface area contributed by atoms with Gasteiger partial charge in [0.05, 0.1) is 16.3 Å². The van der Waals surface area contributed by atoms with Gasteiger partial charge in [-0.25, -0.2) is 28.1 Å². The van der Waals surface area contributed by atoms with Gasteiger partial charge in [0.25, 0.3) is 0 Å². The number of nitrogens with zero attached hydrogens (tertiary/aromatic N) is 4. The van der Waals surface area contributed by atoms with E-state index in [1.807, 2.05) is 0 Å². The van der Waals surface area contributed by atoms with E-state index in [-0.39, 0.29) is 16.5 Å². The normalized spacial score (nSPS) is 12.6. The van der Waals surface area contributed by atoms with E-state index < -0.39 is 27.4 Å². The fraction of sp³-hybridized carbons (Fsp3) is 0.208. The van der Waals surface area contributed by atoms with E-state index >= 15 is 0 Å². The van der Waals surface area contributed by atoms with Gasteiger partial charge in [-0.2, -0.15) is 13.2 Å². The number of halogens is 4. The first-order chi connectivity index (χ1) is 16.7. The Balaban J connectivity index is 1.75. The molecule has 0 aliphatic carbocycles. The molecule has 2 aromatic carbocycles. The molecular formula is C24H21ClF3N5O2S. The first-order valence-corrected chi connectivity index (χ1v) is 12.5. The van der Waals surface area contributed by atoms with Gasteiger partial charge in [-0.1, -0.05) is 35.9 Å². The van der Waals surface area contributed by atoms with Crippen molar-refractivity contribution in [2.75, 3.05) is 0 Å². The maximum atomic E-state index is 13.6. The number of imidazole rings is 1. The summed E-state index contributed by atoms with van der Waals surface area (Å²) in [6.45, 7) is 5.17. The van der Waals surface area contributed by atoms with Crippen LogP contribution in [0.5, 0.6) is 0 Å². The maximum Gasteiger partial charge on any atom is 0.433 e. The smallest absolute Gasteiger partial charge is 0.274 e. The number of hydrogen-bond donors (Lipinski definition) is 1. The maximum absolute atomic E-state index is 13.6. The molecule has 0 aliphatic rings. The Kier molecular flexibility index (Phi) is 6.67. The third-order valence-corrected chi connectivity index (χ3v) is 6.81. The Labute approximate surface area is 211 Å². The Bertz CT molecular complexity index is 1530. The lowest BCUT2D eigenvalue weighted by atomic mass is 10.1. The number of hydrogen-bond acceptors (Lipinski definition) is 5. The number of aromatic nitrogens is 4. The van der Waals surface area contributed by atoms with E-state index in [0.717, 1.165) is 6.07 Å². The zero-order valence-electron chi connectivity index (χ0n) is 19.4. The van der Waals surface area contributed by atoms with Crippen LogP contribution in [0.1, 0.15) is 26.5 Å². The molecule has 0 fully saturated rings. The first kappa shape index (κ1) is 25.8. The van der Waals surface area contributed by atoms with Crippen LogP contribution in [0.2, 0.25) is 5.02 Å². The van der Waals surface area contributed by atoms with Crippen LogP contribution in [0.25, 0.3) is 28.5 Å². The van der Waals surface area contributed by atoms with E-state index in [2.05, 4.69) is 19.7 Å². The molecule has 188 valence electrons. The van der Waals surface area contributed by atoms with Gasteiger partial charge in [-0.15, -0.1) is 0 Å². The molecule has 2 aromatic heterocycles. The highest BCUT2D eigenvalue weighted by Gasteiger charge is 2.34. The molecule has 12 heteroatoms. The van der Waals surface area contributed by atoms with Crippen molar-refractivity contribution >= 4 is 21.6 Å². The molecule has 0 aliphatic heterocycles. The molecular weight excluding hydrogens is 515 g/mol. The van der Waals surface area contributed by atoms with Crippen LogP contribution in [-0.4, -0.2) is 33.5 Å². The van der Waals surface area contributed by atoms with Gasteiger partial charge in [0.15, 0.2) is 5.69 Å². The molecule has 0 unspecified atom stereocenters. The minimum atomic E-state index is -4.71. The van der Waals surface area contributed by atoms with Crippen molar-refractivity contribution in [3.05, 3.63) is 77.8 Å². The van der Waals surface area contributed by atoms with Gasteiger partial charge in [0.1, 0.15) is 6.33 Å². The van der Waals surface area contributed by atoms with Crippen molar-refractivity contribution in [2.24, 2.45) is 0 Å². The quantitative estimate of drug-likeness (QED) is 0.352. The van der Waals surface area contributed by atoms with Crippen LogP contribution in [0.4, 0.5) is 13.2 Å². The third kappa shape index (κ3) is 5.92. The molecule has 0 amide bonds. The zero-order chi connectivity index (χ0) is 26.3. The fourth-order valence-corrected chi connectivity index (χ4v) is 5.01. The summed E-state index contributed by atoms with van der Waals surface area (Å²) in [5.74, 6) is -0.253. The van der Waals surface area contributed by atoms with E-state index in [1.165, 1.54) is 35.3 Å². The van der Waals surface area contributed by atoms with Crippen molar-refractivity contribution in [2.45, 2.75) is 37.4 Å². The van der Waals surface area contributed by atoms with E-state index in [1.54, 1.807) is 51.1 Å². The van der Waals surface area contributed by atoms with Crippen LogP contribution in [-0.2, 0) is 16.2 Å². The average Bonchev–Trinajstić information content (AvgIpc) is 3.27. The SMILES string of the molecule is CC(C)(C)NS(=O)(=O)c1cccc(-c2cn(-c3nc(-c4cccc(Cl)c4)cc(C(F)(F)F)n3)cn2)c1. The Morgan fingerprint density at radius 1 is 0.917 bits per heavy atom. The average molecular weight is 536 g/mol. The molecule has 7 nitrogen and oxygen atoms in total. The van der Waals surface area contributed by atoms with Crippen LogP contribution < -0.4 is 4.72 Å². The van der Waals surface area contributed by atoms with Crippen LogP contribution in [0.15, 0.2) is 72.0 Å². The van der Waals surface area contributed by atoms with Gasteiger partial charge >= 0.3 is 6.18 Å². The van der Waals surface area contributed by atoms with Gasteiger partial charge in [0.2, 0.25) is 16.0 Å². The minimum absolute atomic E-state index is 0.0306. The third-order valence-electron chi connectivity index (χ3n) is 4.82. The van der Waals surface area contributed by atoms with Crippen molar-refractivity contribution in [1.82, 2.24) is 24.2 Å². The number of nitrogens with one attached hydrogen (secondary N) is 1. The summed E-state index contributed by atoms with van der Waals surface area (Å²) >= 11 is 6.00. The van der Waals surface area contributed by atoms with Crippen LogP contribution in [0, 0.1) is 0 Å². The van der Waals surface area contributed by atoms with E-state index in [9.17, 15) is 21.6 Å². The predicted octanol–water partition coefficient (Wildman–Crippen LogP) is 5.75. The molecule has 4 aromatic rings. The highest BCUT2D eigenvalue weighted by atomic mass is 35.5. The molecule has 0 radical (unpaired) electrons. The van der Waals surface area contributed by atoms with E-state index in [4.69, 9.17) is 11.6 Å². The molecule has 1 N–H and O–H groups in total. The lowest BCUT2D eigenvalue weighted by molar-refractivity contribution is -0.141. The van der Waals surface area contributed by atoms with Crippen molar-refractivity contribution in [1.29, 1.82) is 0 Å². The summed E-state index contributed by atoms with van der Waals surface area (Å²) in [4.78, 5) is 12.2. The second kappa shape index (κ2) is 9.30. The Morgan fingerprint density at radius 3 is 2.22 bits per heavy atom. The molecule has 0 spiro atoms. The lowest BCUT2D eigenvalue weighted by Gasteiger charge is -2.20. The van der Waals surface area contributed by atoms with Crippen molar-refractivity contribution in [3.8, 4) is 28.5 Å². The molecule has 0 atom stereocenters. The second-order valence-corrected chi connectivity index (χ2v) is 11.1. The van der Waals surface area contributed by atoms with Crippen LogP contribution in [0.3, 0.4) is 0 Å². The fourth-order valence-electron chi connectivity index (χ4n) is 3.36. The number of sulfonamides is 1. The van der Waals surface area contributed by atoms with Gasteiger partial charge < -0.3 is 0 Å². The molecule has 4 rings (SSSR count). The highest BCUT2D eigenvalue weighted by molar-refractivity contribution is 7.89. The standard InChI is InChI=1S/C24H21ClF3N5O2S/c1-23(2,3)32-36(34,35)18-9-5-7-16(11-18)20-13-33(14-29-20)22-30-19(12-21(31-22)24(26,27)28)15-6-4-8-17(25)10-15/h4-14,32H,1-3H3. The lowest BCUT2D eigenvalue weighted by Crippen LogP contribution is -2.40. The molecule has 36 heavy (non-hydrogen) atoms. The number of alkyl halides is 3. The molecule has 2 heterocycles. The van der Waals surface area contributed by atoms with Crippen molar-refractivity contribution < 1.29 is 21.6 Å². The van der Waals surface area contributed by atoms with Crippen LogP contribution >= 0.6 is 11.6 Å². The predicted molar refractivity (Wildman–Crippen MR) is 130 cm³/mol. The Hall–Kier alpha value is -3.28. The molecule has 0 bridgehead atoms. The monoisotopic (exact) mass is 535 g/mol. The van der Waals surface area contributed by atoms with Gasteiger partial charge in [0, 0.05) is 27.9 Å². The summed E-state index contributed by atoms with van der Waals surface area (Å²) in [5.41, 5.74) is -0.606. The number of benzene rings is 2. The van der Waals surface area contributed by atoms with E-state index in [0.29, 0.717) is 21.8 Å². The largest absolute Gasteiger partial charge is 0.433 e. The Morgan fingerprint density at radius 2 is 1.58 bits per heavy atom. The molecule has 0 saturated carbocycles. The summed E-state index contributed by atoms with van der Waals surface area (Å²) in [7, 11) is -3.80. The molecule has 0 saturated heterocycles. The number of rotatable bonds is 5. The second-order valence-electron chi connectivity index (χ2n) is 9.00. The summed E-state index contributed by atoms with van der Waals surface area (Å²) in [6.07, 6.45) is -2.02. The highest BCUT2D eigenvalue weighted by Crippen LogP contribution is 2.32.